The van der Waals surface area contributed by atoms with Gasteiger partial charge in [0.15, 0.2) is 0 Å². The SMILES string of the molecule is CON=C(C(=O)OC)c1cc[nH]n1. The van der Waals surface area contributed by atoms with Gasteiger partial charge in [0.2, 0.25) is 5.71 Å². The molecule has 0 bridgehead atoms. The molecule has 0 radical (unpaired) electrons. The molecule has 1 N–H and O–H groups in total. The van der Waals surface area contributed by atoms with E-state index in [1.807, 2.05) is 0 Å². The minimum Gasteiger partial charge on any atom is -0.464 e. The lowest BCUT2D eigenvalue weighted by molar-refractivity contribution is -0.132. The Labute approximate surface area is 74.5 Å². The number of carbonyl (C=O) groups excluding carboxylic acids is 1. The summed E-state index contributed by atoms with van der Waals surface area (Å²) in [5, 5.41) is 9.82. The first-order valence-corrected chi connectivity index (χ1v) is 3.49. The van der Waals surface area contributed by atoms with E-state index in [1.165, 1.54) is 14.2 Å². The number of oxime groups is 1. The molecule has 0 aliphatic heterocycles. The summed E-state index contributed by atoms with van der Waals surface area (Å²) >= 11 is 0. The van der Waals surface area contributed by atoms with Gasteiger partial charge in [-0.25, -0.2) is 4.79 Å². The summed E-state index contributed by atoms with van der Waals surface area (Å²) in [6.45, 7) is 0. The lowest BCUT2D eigenvalue weighted by Gasteiger charge is -1.98. The maximum absolute atomic E-state index is 11.1. The van der Waals surface area contributed by atoms with Gasteiger partial charge >= 0.3 is 5.97 Å². The van der Waals surface area contributed by atoms with Gasteiger partial charge in [0, 0.05) is 6.20 Å². The largest absolute Gasteiger partial charge is 0.464 e. The summed E-state index contributed by atoms with van der Waals surface area (Å²) in [5.41, 5.74) is 0.417. The van der Waals surface area contributed by atoms with Crippen molar-refractivity contribution in [3.63, 3.8) is 0 Å². The zero-order valence-electron chi connectivity index (χ0n) is 7.27. The van der Waals surface area contributed by atoms with Crippen LogP contribution >= 0.6 is 0 Å². The zero-order chi connectivity index (χ0) is 9.68. The maximum Gasteiger partial charge on any atom is 0.362 e. The topological polar surface area (TPSA) is 76.6 Å². The molecular formula is C7H9N3O3. The van der Waals surface area contributed by atoms with Gasteiger partial charge in [-0.15, -0.1) is 0 Å². The third kappa shape index (κ3) is 2.05. The normalized spacial score (nSPS) is 11.1. The fourth-order valence-electron chi connectivity index (χ4n) is 0.769. The molecule has 0 unspecified atom stereocenters. The standard InChI is InChI=1S/C7H9N3O3/c1-12-7(11)6(10-13-2)5-3-4-8-9-5/h3-4H,1-2H3,(H,8,9). The number of aromatic amines is 1. The molecule has 0 amide bonds. The second-order valence-corrected chi connectivity index (χ2v) is 2.07. The van der Waals surface area contributed by atoms with Crippen molar-refractivity contribution in [2.45, 2.75) is 0 Å². The second kappa shape index (κ2) is 4.24. The molecule has 0 saturated carbocycles. The number of rotatable bonds is 3. The van der Waals surface area contributed by atoms with E-state index >= 15 is 0 Å². The van der Waals surface area contributed by atoms with Crippen LogP contribution < -0.4 is 0 Å². The van der Waals surface area contributed by atoms with E-state index < -0.39 is 5.97 Å². The van der Waals surface area contributed by atoms with Gasteiger partial charge in [0.25, 0.3) is 0 Å². The van der Waals surface area contributed by atoms with Crippen LogP contribution in [-0.2, 0) is 14.4 Å². The minimum atomic E-state index is -0.589. The van der Waals surface area contributed by atoms with Crippen molar-refractivity contribution in [2.75, 3.05) is 14.2 Å². The molecular weight excluding hydrogens is 174 g/mol. The lowest BCUT2D eigenvalue weighted by Crippen LogP contribution is -2.17. The molecule has 1 aromatic rings. The summed E-state index contributed by atoms with van der Waals surface area (Å²) in [6.07, 6.45) is 1.57. The molecule has 0 aliphatic rings. The second-order valence-electron chi connectivity index (χ2n) is 2.07. The Hall–Kier alpha value is -1.85. The Morgan fingerprint density at radius 1 is 1.62 bits per heavy atom. The molecule has 1 heterocycles. The zero-order valence-corrected chi connectivity index (χ0v) is 7.27. The summed E-state index contributed by atoms with van der Waals surface area (Å²) in [5.74, 6) is -0.589. The van der Waals surface area contributed by atoms with Crippen molar-refractivity contribution in [2.24, 2.45) is 5.16 Å². The predicted octanol–water partition coefficient (Wildman–Crippen LogP) is -0.0668. The van der Waals surface area contributed by atoms with Gasteiger partial charge in [0.05, 0.1) is 7.11 Å². The molecule has 13 heavy (non-hydrogen) atoms. The van der Waals surface area contributed by atoms with Crippen LogP contribution in [0.5, 0.6) is 0 Å². The maximum atomic E-state index is 11.1. The lowest BCUT2D eigenvalue weighted by atomic mass is 10.3. The third-order valence-corrected chi connectivity index (χ3v) is 1.30. The van der Waals surface area contributed by atoms with Gasteiger partial charge in [-0.05, 0) is 6.07 Å². The van der Waals surface area contributed by atoms with Gasteiger partial charge in [-0.2, -0.15) is 5.10 Å². The minimum absolute atomic E-state index is 0.0336. The quantitative estimate of drug-likeness (QED) is 0.404. The summed E-state index contributed by atoms with van der Waals surface area (Å²) in [4.78, 5) is 15.6. The fourth-order valence-corrected chi connectivity index (χ4v) is 0.769. The number of methoxy groups -OCH3 is 1. The van der Waals surface area contributed by atoms with Crippen LogP contribution in [0, 0.1) is 0 Å². The van der Waals surface area contributed by atoms with E-state index in [0.717, 1.165) is 0 Å². The van der Waals surface area contributed by atoms with Gasteiger partial charge < -0.3 is 9.57 Å². The van der Waals surface area contributed by atoms with Crippen molar-refractivity contribution in [1.29, 1.82) is 0 Å². The number of ether oxygens (including phenoxy) is 1. The summed E-state index contributed by atoms with van der Waals surface area (Å²) in [6, 6.07) is 1.59. The molecule has 6 heteroatoms. The van der Waals surface area contributed by atoms with Crippen molar-refractivity contribution in [3.05, 3.63) is 18.0 Å². The van der Waals surface area contributed by atoms with Gasteiger partial charge in [0.1, 0.15) is 12.8 Å². The van der Waals surface area contributed by atoms with Crippen LogP contribution in [-0.4, -0.2) is 36.1 Å². The van der Waals surface area contributed by atoms with E-state index in [-0.39, 0.29) is 5.71 Å². The van der Waals surface area contributed by atoms with Gasteiger partial charge in [-0.3, -0.25) is 5.10 Å². The van der Waals surface area contributed by atoms with Crippen molar-refractivity contribution in [3.8, 4) is 0 Å². The molecule has 70 valence electrons. The molecule has 0 aromatic carbocycles. The Bertz CT molecular complexity index is 305. The molecule has 1 rings (SSSR count). The molecule has 1 aromatic heterocycles. The smallest absolute Gasteiger partial charge is 0.362 e. The highest BCUT2D eigenvalue weighted by Crippen LogP contribution is 1.98. The van der Waals surface area contributed by atoms with Crippen molar-refractivity contribution >= 4 is 11.7 Å². The summed E-state index contributed by atoms with van der Waals surface area (Å²) in [7, 11) is 2.61. The first-order valence-electron chi connectivity index (χ1n) is 3.49. The predicted molar refractivity (Wildman–Crippen MR) is 44.1 cm³/mol. The van der Waals surface area contributed by atoms with Crippen LogP contribution in [0.3, 0.4) is 0 Å². The third-order valence-electron chi connectivity index (χ3n) is 1.30. The first kappa shape index (κ1) is 9.24. The van der Waals surface area contributed by atoms with Crippen LogP contribution in [0.25, 0.3) is 0 Å². The molecule has 0 spiro atoms. The summed E-state index contributed by atoms with van der Waals surface area (Å²) < 4.78 is 4.49. The molecule has 6 nitrogen and oxygen atoms in total. The van der Waals surface area contributed by atoms with Crippen LogP contribution in [0.4, 0.5) is 0 Å². The van der Waals surface area contributed by atoms with E-state index in [4.69, 9.17) is 0 Å². The highest BCUT2D eigenvalue weighted by atomic mass is 16.6. The number of hydrogen-bond donors (Lipinski definition) is 1. The van der Waals surface area contributed by atoms with Crippen molar-refractivity contribution in [1.82, 2.24) is 10.2 Å². The number of esters is 1. The Morgan fingerprint density at radius 3 is 2.85 bits per heavy atom. The number of hydrogen-bond acceptors (Lipinski definition) is 5. The Balaban J connectivity index is 2.94. The molecule has 0 saturated heterocycles. The van der Waals surface area contributed by atoms with Crippen LogP contribution in [0.1, 0.15) is 5.69 Å². The number of aromatic nitrogens is 2. The van der Waals surface area contributed by atoms with E-state index in [1.54, 1.807) is 12.3 Å². The molecule has 0 fully saturated rings. The first-order chi connectivity index (χ1) is 6.29. The van der Waals surface area contributed by atoms with E-state index in [9.17, 15) is 4.79 Å². The Kier molecular flexibility index (Phi) is 3.02. The highest BCUT2D eigenvalue weighted by Gasteiger charge is 2.17. The fraction of sp³-hybridized carbons (Fsp3) is 0.286. The van der Waals surface area contributed by atoms with E-state index in [0.29, 0.717) is 5.69 Å². The molecule has 0 atom stereocenters. The average Bonchev–Trinajstić information content (AvgIpc) is 2.65. The molecule has 0 aliphatic carbocycles. The monoisotopic (exact) mass is 183 g/mol. The highest BCUT2D eigenvalue weighted by molar-refractivity contribution is 6.42. The van der Waals surface area contributed by atoms with Gasteiger partial charge in [-0.1, -0.05) is 5.16 Å². The van der Waals surface area contributed by atoms with Crippen LogP contribution in [0.2, 0.25) is 0 Å². The number of H-pyrrole nitrogens is 1. The average molecular weight is 183 g/mol. The number of nitrogens with one attached hydrogen (secondary N) is 1. The Morgan fingerprint density at radius 2 is 2.38 bits per heavy atom. The van der Waals surface area contributed by atoms with Crippen LogP contribution in [0.15, 0.2) is 17.4 Å². The number of nitrogens with zero attached hydrogens (tertiary/aromatic N) is 2. The number of carbonyl (C=O) groups is 1. The van der Waals surface area contributed by atoms with E-state index in [2.05, 4.69) is 24.9 Å². The van der Waals surface area contributed by atoms with Crippen molar-refractivity contribution < 1.29 is 14.4 Å².